The van der Waals surface area contributed by atoms with Gasteiger partial charge in [0.1, 0.15) is 0 Å². The number of amides is 3. The molecular weight excluding hydrogens is 458 g/mol. The van der Waals surface area contributed by atoms with E-state index in [9.17, 15) is 22.8 Å². The van der Waals surface area contributed by atoms with Crippen molar-refractivity contribution in [1.82, 2.24) is 14.9 Å². The van der Waals surface area contributed by atoms with E-state index in [1.165, 1.54) is 4.31 Å². The molecule has 0 bridgehead atoms. The number of benzene rings is 1. The van der Waals surface area contributed by atoms with Crippen LogP contribution in [0.3, 0.4) is 0 Å². The lowest BCUT2D eigenvalue weighted by atomic mass is 9.98. The Bertz CT molecular complexity index is 1000. The van der Waals surface area contributed by atoms with E-state index in [1.54, 1.807) is 0 Å². The van der Waals surface area contributed by atoms with Gasteiger partial charge in [-0.3, -0.25) is 14.9 Å². The number of hydrogen-bond donors (Lipinski definition) is 2. The van der Waals surface area contributed by atoms with Crippen LogP contribution in [-0.4, -0.2) is 56.9 Å². The first-order valence-electron chi connectivity index (χ1n) is 11.7. The van der Waals surface area contributed by atoms with Crippen LogP contribution < -0.4 is 10.6 Å². The molecule has 2 rings (SSSR count). The summed E-state index contributed by atoms with van der Waals surface area (Å²) in [5.41, 5.74) is 3.33. The van der Waals surface area contributed by atoms with Crippen LogP contribution in [0.25, 0.3) is 0 Å². The fourth-order valence-electron chi connectivity index (χ4n) is 3.96. The molecule has 1 aromatic carbocycles. The molecule has 1 aliphatic heterocycles. The van der Waals surface area contributed by atoms with Crippen LogP contribution in [0.15, 0.2) is 11.0 Å². The highest BCUT2D eigenvalue weighted by atomic mass is 32.2. The fraction of sp³-hybridized carbons (Fsp3) is 0.625. The zero-order valence-electron chi connectivity index (χ0n) is 21.0. The van der Waals surface area contributed by atoms with Gasteiger partial charge >= 0.3 is 12.0 Å². The van der Waals surface area contributed by atoms with Gasteiger partial charge in [-0.25, -0.2) is 13.2 Å². The molecular formula is C24H37N3O6S. The Morgan fingerprint density at radius 3 is 2.15 bits per heavy atom. The van der Waals surface area contributed by atoms with E-state index in [-0.39, 0.29) is 13.1 Å². The number of rotatable bonds is 8. The van der Waals surface area contributed by atoms with Gasteiger partial charge in [-0.15, -0.1) is 0 Å². The van der Waals surface area contributed by atoms with Crippen molar-refractivity contribution < 1.29 is 27.5 Å². The molecule has 0 radical (unpaired) electrons. The Balaban J connectivity index is 1.87. The van der Waals surface area contributed by atoms with E-state index < -0.39 is 40.5 Å². The van der Waals surface area contributed by atoms with Crippen molar-refractivity contribution >= 4 is 27.9 Å². The van der Waals surface area contributed by atoms with Gasteiger partial charge in [0.25, 0.3) is 5.91 Å². The molecule has 0 saturated carbocycles. The summed E-state index contributed by atoms with van der Waals surface area (Å²) in [5.74, 6) is -1.35. The smallest absolute Gasteiger partial charge is 0.321 e. The average Bonchev–Trinajstić information content (AvgIpc) is 2.76. The summed E-state index contributed by atoms with van der Waals surface area (Å²) in [5, 5.41) is 4.69. The average molecular weight is 496 g/mol. The number of imide groups is 1. The quantitative estimate of drug-likeness (QED) is 0.535. The largest absolute Gasteiger partial charge is 0.455 e. The first-order chi connectivity index (χ1) is 15.8. The van der Waals surface area contributed by atoms with E-state index in [4.69, 9.17) is 4.74 Å². The van der Waals surface area contributed by atoms with Crippen LogP contribution in [-0.2, 0) is 24.3 Å². The lowest BCUT2D eigenvalue weighted by Gasteiger charge is -2.31. The van der Waals surface area contributed by atoms with Crippen molar-refractivity contribution in [3.8, 4) is 0 Å². The van der Waals surface area contributed by atoms with E-state index in [2.05, 4.69) is 10.6 Å². The zero-order valence-corrected chi connectivity index (χ0v) is 21.8. The Hall–Kier alpha value is -2.46. The van der Waals surface area contributed by atoms with E-state index >= 15 is 0 Å². The van der Waals surface area contributed by atoms with Crippen molar-refractivity contribution in [2.75, 3.05) is 26.2 Å². The lowest BCUT2D eigenvalue weighted by Crippen LogP contribution is -2.43. The van der Waals surface area contributed by atoms with Crippen molar-refractivity contribution in [3.63, 3.8) is 0 Å². The maximum atomic E-state index is 13.4. The minimum atomic E-state index is -3.70. The monoisotopic (exact) mass is 495 g/mol. The summed E-state index contributed by atoms with van der Waals surface area (Å²) < 4.78 is 33.2. The number of esters is 1. The third kappa shape index (κ3) is 7.02. The molecule has 2 N–H and O–H groups in total. The standard InChI is InChI=1S/C24H37N3O6S/c1-15(2)7-10-25-24(30)26-21(28)14-33-23(29)20-8-11-27(12-9-20)34(31,32)22-18(5)16(3)13-17(4)19(22)6/h13,15,20H,7-12,14H2,1-6H3,(H2,25,26,28,30). The molecule has 1 saturated heterocycles. The molecule has 34 heavy (non-hydrogen) atoms. The molecule has 9 nitrogen and oxygen atoms in total. The number of hydrogen-bond acceptors (Lipinski definition) is 6. The zero-order chi connectivity index (χ0) is 25.6. The Labute approximate surface area is 202 Å². The number of sulfonamides is 1. The first kappa shape index (κ1) is 27.8. The Kier molecular flexibility index (Phi) is 9.64. The predicted octanol–water partition coefficient (Wildman–Crippen LogP) is 2.74. The van der Waals surface area contributed by atoms with Crippen molar-refractivity contribution in [2.24, 2.45) is 11.8 Å². The first-order valence-corrected chi connectivity index (χ1v) is 13.1. The molecule has 10 heteroatoms. The topological polar surface area (TPSA) is 122 Å². The number of carbonyl (C=O) groups excluding carboxylic acids is 3. The van der Waals surface area contributed by atoms with E-state index in [1.807, 2.05) is 47.6 Å². The van der Waals surface area contributed by atoms with Gasteiger partial charge in [0.05, 0.1) is 10.8 Å². The third-order valence-electron chi connectivity index (χ3n) is 6.29. The number of ether oxygens (including phenoxy) is 1. The third-order valence-corrected chi connectivity index (χ3v) is 8.46. The van der Waals surface area contributed by atoms with Gasteiger partial charge in [-0.2, -0.15) is 4.31 Å². The van der Waals surface area contributed by atoms with Crippen molar-refractivity contribution in [2.45, 2.75) is 65.7 Å². The second-order valence-corrected chi connectivity index (χ2v) is 11.2. The molecule has 0 spiro atoms. The molecule has 1 aromatic rings. The summed E-state index contributed by atoms with van der Waals surface area (Å²) >= 11 is 0. The molecule has 190 valence electrons. The van der Waals surface area contributed by atoms with Crippen LogP contribution in [0.5, 0.6) is 0 Å². The highest BCUT2D eigenvalue weighted by Gasteiger charge is 2.35. The highest BCUT2D eigenvalue weighted by Crippen LogP contribution is 2.31. The molecule has 1 heterocycles. The van der Waals surface area contributed by atoms with E-state index in [0.717, 1.165) is 28.7 Å². The maximum absolute atomic E-state index is 13.4. The summed E-state index contributed by atoms with van der Waals surface area (Å²) in [6, 6.07) is 1.36. The van der Waals surface area contributed by atoms with Gasteiger partial charge in [0.2, 0.25) is 10.0 Å². The number of piperidine rings is 1. The Morgan fingerprint density at radius 2 is 1.62 bits per heavy atom. The molecule has 0 aliphatic carbocycles. The van der Waals surface area contributed by atoms with Gasteiger partial charge < -0.3 is 10.1 Å². The van der Waals surface area contributed by atoms with Gasteiger partial charge in [0.15, 0.2) is 6.61 Å². The maximum Gasteiger partial charge on any atom is 0.321 e. The van der Waals surface area contributed by atoms with E-state index in [0.29, 0.717) is 30.2 Å². The molecule has 3 amide bonds. The van der Waals surface area contributed by atoms with Crippen LogP contribution in [0.1, 0.15) is 55.4 Å². The summed E-state index contributed by atoms with van der Waals surface area (Å²) in [6.07, 6.45) is 1.39. The summed E-state index contributed by atoms with van der Waals surface area (Å²) in [7, 11) is -3.70. The second kappa shape index (κ2) is 11.8. The van der Waals surface area contributed by atoms with Gasteiger partial charge in [-0.05, 0) is 75.1 Å². The van der Waals surface area contributed by atoms with Crippen molar-refractivity contribution in [3.05, 3.63) is 28.3 Å². The number of nitrogens with zero attached hydrogens (tertiary/aromatic N) is 1. The minimum Gasteiger partial charge on any atom is -0.455 e. The molecule has 1 fully saturated rings. The van der Waals surface area contributed by atoms with Crippen LogP contribution >= 0.6 is 0 Å². The molecule has 0 aromatic heterocycles. The number of aryl methyl sites for hydroxylation is 2. The van der Waals surface area contributed by atoms with Gasteiger partial charge in [0, 0.05) is 19.6 Å². The molecule has 1 aliphatic rings. The highest BCUT2D eigenvalue weighted by molar-refractivity contribution is 7.89. The lowest BCUT2D eigenvalue weighted by molar-refractivity contribution is -0.153. The number of carbonyl (C=O) groups is 3. The Morgan fingerprint density at radius 1 is 1.06 bits per heavy atom. The molecule has 0 atom stereocenters. The molecule has 0 unspecified atom stereocenters. The van der Waals surface area contributed by atoms with Crippen molar-refractivity contribution in [1.29, 1.82) is 0 Å². The second-order valence-electron chi connectivity index (χ2n) is 9.36. The SMILES string of the molecule is Cc1cc(C)c(C)c(S(=O)(=O)N2CCC(C(=O)OCC(=O)NC(=O)NCCC(C)C)CC2)c1C. The van der Waals surface area contributed by atoms with Gasteiger partial charge in [-0.1, -0.05) is 19.9 Å². The van der Waals surface area contributed by atoms with Crippen LogP contribution in [0, 0.1) is 39.5 Å². The summed E-state index contributed by atoms with van der Waals surface area (Å²) in [4.78, 5) is 36.3. The predicted molar refractivity (Wildman–Crippen MR) is 129 cm³/mol. The normalized spacial score (nSPS) is 15.3. The number of urea groups is 1. The van der Waals surface area contributed by atoms with Crippen LogP contribution in [0.2, 0.25) is 0 Å². The minimum absolute atomic E-state index is 0.193. The fourth-order valence-corrected chi connectivity index (χ4v) is 6.01. The number of nitrogens with one attached hydrogen (secondary N) is 2. The summed E-state index contributed by atoms with van der Waals surface area (Å²) in [6.45, 7) is 11.7. The van der Waals surface area contributed by atoms with Crippen LogP contribution in [0.4, 0.5) is 4.79 Å².